The highest BCUT2D eigenvalue weighted by molar-refractivity contribution is 14.1. The van der Waals surface area contributed by atoms with Gasteiger partial charge < -0.3 is 9.84 Å². The highest BCUT2D eigenvalue weighted by Crippen LogP contribution is 2.20. The maximum Gasteiger partial charge on any atom is 0.338 e. The van der Waals surface area contributed by atoms with Gasteiger partial charge in [-0.3, -0.25) is 0 Å². The average molecular weight is 332 g/mol. The van der Waals surface area contributed by atoms with Gasteiger partial charge in [-0.1, -0.05) is 6.58 Å². The molecule has 0 bridgehead atoms. The molecule has 1 aromatic rings. The van der Waals surface area contributed by atoms with Crippen LogP contribution in [0.5, 0.6) is 5.75 Å². The van der Waals surface area contributed by atoms with Crippen molar-refractivity contribution in [3.8, 4) is 5.75 Å². The number of carboxylic acid groups (broad SMARTS) is 1. The van der Waals surface area contributed by atoms with Crippen molar-refractivity contribution in [1.82, 2.24) is 0 Å². The summed E-state index contributed by atoms with van der Waals surface area (Å²) in [7, 11) is 0. The third kappa shape index (κ3) is 3.06. The van der Waals surface area contributed by atoms with Crippen molar-refractivity contribution in [3.63, 3.8) is 0 Å². The van der Waals surface area contributed by atoms with Gasteiger partial charge in [0.05, 0.1) is 5.56 Å². The fourth-order valence-corrected chi connectivity index (χ4v) is 1.49. The number of ether oxygens (including phenoxy) is 1. The summed E-state index contributed by atoms with van der Waals surface area (Å²) in [6.07, 6.45) is 0. The predicted octanol–water partition coefficient (Wildman–Crippen LogP) is 2.47. The Kier molecular flexibility index (Phi) is 4.05. The first kappa shape index (κ1) is 12.7. The lowest BCUT2D eigenvalue weighted by atomic mass is 10.2. The van der Waals surface area contributed by atoms with Crippen molar-refractivity contribution in [2.45, 2.75) is 6.92 Å². The number of rotatable bonds is 3. The van der Waals surface area contributed by atoms with Gasteiger partial charge in [-0.15, -0.1) is 0 Å². The smallest absolute Gasteiger partial charge is 0.338 e. The number of hydrogen-bond acceptors (Lipinski definition) is 3. The van der Waals surface area contributed by atoms with E-state index in [2.05, 4.69) is 6.58 Å². The maximum absolute atomic E-state index is 11.2. The average Bonchev–Trinajstić information content (AvgIpc) is 2.20. The summed E-state index contributed by atoms with van der Waals surface area (Å²) >= 11 is 1.90. The highest BCUT2D eigenvalue weighted by atomic mass is 127. The Morgan fingerprint density at radius 3 is 2.56 bits per heavy atom. The van der Waals surface area contributed by atoms with Crippen LogP contribution in [-0.2, 0) is 4.79 Å². The Morgan fingerprint density at radius 2 is 2.06 bits per heavy atom. The molecule has 0 atom stereocenters. The molecule has 0 aliphatic rings. The molecule has 0 aliphatic heterocycles. The number of carboxylic acids is 1. The van der Waals surface area contributed by atoms with Crippen LogP contribution in [0.3, 0.4) is 0 Å². The second-order valence-corrected chi connectivity index (χ2v) is 4.28. The third-order valence-electron chi connectivity index (χ3n) is 1.73. The van der Waals surface area contributed by atoms with Gasteiger partial charge >= 0.3 is 11.9 Å². The molecule has 0 aliphatic carbocycles. The van der Waals surface area contributed by atoms with Crippen LogP contribution in [0.4, 0.5) is 0 Å². The molecule has 0 heterocycles. The second-order valence-electron chi connectivity index (χ2n) is 3.12. The van der Waals surface area contributed by atoms with E-state index in [4.69, 9.17) is 9.84 Å². The summed E-state index contributed by atoms with van der Waals surface area (Å²) in [4.78, 5) is 22.0. The largest absolute Gasteiger partial charge is 0.478 e. The Labute approximate surface area is 106 Å². The summed E-state index contributed by atoms with van der Waals surface area (Å²) in [5, 5.41) is 8.87. The monoisotopic (exact) mass is 332 g/mol. The first-order valence-corrected chi connectivity index (χ1v) is 5.40. The summed E-state index contributed by atoms with van der Waals surface area (Å²) in [5.41, 5.74) is 0.364. The second kappa shape index (κ2) is 5.11. The molecule has 0 saturated carbocycles. The van der Waals surface area contributed by atoms with E-state index in [0.717, 1.165) is 0 Å². The van der Waals surface area contributed by atoms with Gasteiger partial charge in [0, 0.05) is 9.14 Å². The Balaban J connectivity index is 3.00. The van der Waals surface area contributed by atoms with E-state index in [0.29, 0.717) is 3.57 Å². The summed E-state index contributed by atoms with van der Waals surface area (Å²) < 4.78 is 5.50. The van der Waals surface area contributed by atoms with Crippen molar-refractivity contribution in [1.29, 1.82) is 0 Å². The van der Waals surface area contributed by atoms with Crippen LogP contribution < -0.4 is 4.74 Å². The SMILES string of the molecule is C=C(C)C(=O)Oc1ccc(I)c(C(=O)O)c1. The van der Waals surface area contributed by atoms with Crippen molar-refractivity contribution >= 4 is 34.5 Å². The van der Waals surface area contributed by atoms with Crippen LogP contribution in [0.2, 0.25) is 0 Å². The molecule has 0 fully saturated rings. The van der Waals surface area contributed by atoms with E-state index in [1.807, 2.05) is 22.6 Å². The lowest BCUT2D eigenvalue weighted by molar-refractivity contribution is -0.130. The Hall–Kier alpha value is -1.37. The summed E-state index contributed by atoms with van der Waals surface area (Å²) in [6, 6.07) is 4.42. The van der Waals surface area contributed by atoms with Gasteiger partial charge in [0.2, 0.25) is 0 Å². The minimum atomic E-state index is -1.06. The van der Waals surface area contributed by atoms with Gasteiger partial charge in [0.15, 0.2) is 0 Å². The predicted molar refractivity (Wildman–Crippen MR) is 66.6 cm³/mol. The Morgan fingerprint density at radius 1 is 1.44 bits per heavy atom. The van der Waals surface area contributed by atoms with Crippen LogP contribution in [0, 0.1) is 3.57 Å². The standard InChI is InChI=1S/C11H9IO4/c1-6(2)11(15)16-7-3-4-9(12)8(5-7)10(13)14/h3-5H,1H2,2H3,(H,13,14). The molecule has 1 N–H and O–H groups in total. The zero-order valence-corrected chi connectivity index (χ0v) is 10.6. The van der Waals surface area contributed by atoms with E-state index < -0.39 is 11.9 Å². The molecule has 5 heteroatoms. The van der Waals surface area contributed by atoms with Gasteiger partial charge in [0.25, 0.3) is 0 Å². The van der Waals surface area contributed by atoms with Crippen molar-refractivity contribution in [3.05, 3.63) is 39.5 Å². The molecule has 16 heavy (non-hydrogen) atoms. The van der Waals surface area contributed by atoms with Gasteiger partial charge in [-0.25, -0.2) is 9.59 Å². The van der Waals surface area contributed by atoms with Crippen LogP contribution in [-0.4, -0.2) is 17.0 Å². The molecule has 0 spiro atoms. The molecule has 1 aromatic carbocycles. The molecule has 1 rings (SSSR count). The molecule has 0 unspecified atom stereocenters. The van der Waals surface area contributed by atoms with Crippen LogP contribution in [0.1, 0.15) is 17.3 Å². The van der Waals surface area contributed by atoms with Gasteiger partial charge in [-0.2, -0.15) is 0 Å². The molecular formula is C11H9IO4. The van der Waals surface area contributed by atoms with E-state index in [-0.39, 0.29) is 16.9 Å². The number of carbonyl (C=O) groups is 2. The normalized spacial score (nSPS) is 9.62. The zero-order valence-electron chi connectivity index (χ0n) is 8.49. The number of hydrogen-bond donors (Lipinski definition) is 1. The van der Waals surface area contributed by atoms with Crippen LogP contribution in [0.25, 0.3) is 0 Å². The molecule has 0 radical (unpaired) electrons. The van der Waals surface area contributed by atoms with Gasteiger partial charge in [-0.05, 0) is 47.7 Å². The molecule has 4 nitrogen and oxygen atoms in total. The topological polar surface area (TPSA) is 63.6 Å². The Bertz CT molecular complexity index is 465. The number of carbonyl (C=O) groups excluding carboxylic acids is 1. The molecule has 0 amide bonds. The fourth-order valence-electron chi connectivity index (χ4n) is 0.926. The number of aromatic carboxylic acids is 1. The van der Waals surface area contributed by atoms with E-state index in [9.17, 15) is 9.59 Å². The molecule has 84 valence electrons. The van der Waals surface area contributed by atoms with Gasteiger partial charge in [0.1, 0.15) is 5.75 Å². The molecular weight excluding hydrogens is 323 g/mol. The van der Waals surface area contributed by atoms with E-state index >= 15 is 0 Å². The lowest BCUT2D eigenvalue weighted by Gasteiger charge is -2.05. The van der Waals surface area contributed by atoms with E-state index in [1.165, 1.54) is 19.1 Å². The summed E-state index contributed by atoms with van der Waals surface area (Å²) in [6.45, 7) is 4.95. The van der Waals surface area contributed by atoms with Crippen molar-refractivity contribution in [2.24, 2.45) is 0 Å². The van der Waals surface area contributed by atoms with Crippen molar-refractivity contribution < 1.29 is 19.4 Å². The minimum absolute atomic E-state index is 0.104. The highest BCUT2D eigenvalue weighted by Gasteiger charge is 2.11. The number of esters is 1. The maximum atomic E-state index is 11.2. The third-order valence-corrected chi connectivity index (χ3v) is 2.67. The first-order valence-electron chi connectivity index (χ1n) is 4.32. The van der Waals surface area contributed by atoms with Crippen molar-refractivity contribution in [2.75, 3.05) is 0 Å². The summed E-state index contributed by atoms with van der Waals surface area (Å²) in [5.74, 6) is -1.43. The fraction of sp³-hybridized carbons (Fsp3) is 0.0909. The van der Waals surface area contributed by atoms with E-state index in [1.54, 1.807) is 6.07 Å². The zero-order chi connectivity index (χ0) is 12.3. The molecule has 0 saturated heterocycles. The van der Waals surface area contributed by atoms with Crippen LogP contribution in [0.15, 0.2) is 30.4 Å². The van der Waals surface area contributed by atoms with Crippen LogP contribution >= 0.6 is 22.6 Å². The lowest BCUT2D eigenvalue weighted by Crippen LogP contribution is -2.09. The molecule has 0 aromatic heterocycles. The minimum Gasteiger partial charge on any atom is -0.478 e. The number of benzene rings is 1. The quantitative estimate of drug-likeness (QED) is 0.400. The first-order chi connectivity index (χ1) is 7.41. The number of halogens is 1.